The van der Waals surface area contributed by atoms with Crippen molar-refractivity contribution in [1.82, 2.24) is 15.5 Å². The summed E-state index contributed by atoms with van der Waals surface area (Å²) in [6.45, 7) is 5.13. The zero-order valence-electron chi connectivity index (χ0n) is 12.2. The van der Waals surface area contributed by atoms with Crippen molar-refractivity contribution in [1.29, 1.82) is 0 Å². The van der Waals surface area contributed by atoms with Crippen molar-refractivity contribution >= 4 is 11.6 Å². The molecular weight excluding hydrogens is 293 g/mol. The first-order valence-corrected chi connectivity index (χ1v) is 7.45. The second-order valence-corrected chi connectivity index (χ2v) is 5.45. The van der Waals surface area contributed by atoms with Gasteiger partial charge in [0.1, 0.15) is 5.82 Å². The van der Waals surface area contributed by atoms with Crippen molar-refractivity contribution in [2.45, 2.75) is 39.2 Å². The summed E-state index contributed by atoms with van der Waals surface area (Å²) >= 11 is 5.99. The van der Waals surface area contributed by atoms with E-state index in [0.29, 0.717) is 28.7 Å². The van der Waals surface area contributed by atoms with Gasteiger partial charge < -0.3 is 9.84 Å². The third-order valence-corrected chi connectivity index (χ3v) is 3.48. The highest BCUT2D eigenvalue weighted by atomic mass is 35.5. The summed E-state index contributed by atoms with van der Waals surface area (Å²) in [6.07, 6.45) is 1.95. The second kappa shape index (κ2) is 7.52. The second-order valence-electron chi connectivity index (χ2n) is 5.04. The van der Waals surface area contributed by atoms with Crippen molar-refractivity contribution in [2.24, 2.45) is 0 Å². The Hall–Kier alpha value is -1.46. The third-order valence-electron chi connectivity index (χ3n) is 3.13. The molecule has 0 saturated heterocycles. The summed E-state index contributed by atoms with van der Waals surface area (Å²) in [6, 6.07) is 4.86. The zero-order chi connectivity index (χ0) is 15.2. The van der Waals surface area contributed by atoms with Crippen molar-refractivity contribution in [3.8, 4) is 0 Å². The number of hydrogen-bond acceptors (Lipinski definition) is 4. The van der Waals surface area contributed by atoms with E-state index in [0.717, 1.165) is 13.0 Å². The average Bonchev–Trinajstić information content (AvgIpc) is 2.88. The molecule has 0 aliphatic heterocycles. The highest BCUT2D eigenvalue weighted by Crippen LogP contribution is 2.21. The van der Waals surface area contributed by atoms with Gasteiger partial charge in [0.05, 0.1) is 0 Å². The number of nitrogens with zero attached hydrogens (tertiary/aromatic N) is 2. The van der Waals surface area contributed by atoms with Crippen LogP contribution in [0.3, 0.4) is 0 Å². The number of aromatic nitrogens is 2. The molecule has 6 heteroatoms. The van der Waals surface area contributed by atoms with Gasteiger partial charge in [0.2, 0.25) is 5.89 Å². The summed E-state index contributed by atoms with van der Waals surface area (Å²) in [5.41, 5.74) is 0.392. The molecule has 0 radical (unpaired) electrons. The molecule has 1 aromatic carbocycles. The monoisotopic (exact) mass is 311 g/mol. The Morgan fingerprint density at radius 1 is 1.43 bits per heavy atom. The molecule has 0 aliphatic carbocycles. The molecule has 0 fully saturated rings. The number of halogens is 2. The first kappa shape index (κ1) is 15.9. The minimum atomic E-state index is -0.355. The lowest BCUT2D eigenvalue weighted by atomic mass is 10.1. The van der Waals surface area contributed by atoms with E-state index in [4.69, 9.17) is 16.1 Å². The van der Waals surface area contributed by atoms with Crippen molar-refractivity contribution in [3.05, 3.63) is 46.3 Å². The van der Waals surface area contributed by atoms with Crippen LogP contribution in [-0.2, 0) is 12.8 Å². The number of rotatable bonds is 7. The lowest BCUT2D eigenvalue weighted by Gasteiger charge is -2.09. The van der Waals surface area contributed by atoms with Crippen LogP contribution in [0.5, 0.6) is 0 Å². The van der Waals surface area contributed by atoms with Crippen molar-refractivity contribution < 1.29 is 8.91 Å². The molecule has 1 N–H and O–H groups in total. The van der Waals surface area contributed by atoms with Gasteiger partial charge in [0.25, 0.3) is 0 Å². The third kappa shape index (κ3) is 4.51. The fraction of sp³-hybridized carbons (Fsp3) is 0.467. The van der Waals surface area contributed by atoms with Gasteiger partial charge in [-0.15, -0.1) is 0 Å². The number of benzene rings is 1. The zero-order valence-corrected chi connectivity index (χ0v) is 13.0. The maximum absolute atomic E-state index is 13.7. The van der Waals surface area contributed by atoms with Gasteiger partial charge in [0.15, 0.2) is 5.82 Å². The molecule has 0 saturated carbocycles. The first-order valence-electron chi connectivity index (χ1n) is 7.08. The highest BCUT2D eigenvalue weighted by molar-refractivity contribution is 6.31. The maximum atomic E-state index is 13.7. The van der Waals surface area contributed by atoms with E-state index in [-0.39, 0.29) is 18.3 Å². The predicted octanol–water partition coefficient (Wildman–Crippen LogP) is 3.38. The molecule has 0 amide bonds. The minimum Gasteiger partial charge on any atom is -0.339 e. The van der Waals surface area contributed by atoms with Gasteiger partial charge in [-0.05, 0) is 32.0 Å². The largest absolute Gasteiger partial charge is 0.339 e. The Bertz CT molecular complexity index is 568. The molecule has 2 aromatic rings. The first-order chi connectivity index (χ1) is 10.1. The van der Waals surface area contributed by atoms with Crippen LogP contribution in [0.2, 0.25) is 5.02 Å². The summed E-state index contributed by atoms with van der Waals surface area (Å²) in [7, 11) is 0. The van der Waals surface area contributed by atoms with Crippen LogP contribution in [0.25, 0.3) is 0 Å². The summed E-state index contributed by atoms with van der Waals surface area (Å²) in [4.78, 5) is 4.29. The maximum Gasteiger partial charge on any atom is 0.228 e. The number of hydrogen-bond donors (Lipinski definition) is 1. The van der Waals surface area contributed by atoms with E-state index < -0.39 is 0 Å². The van der Waals surface area contributed by atoms with Crippen LogP contribution in [0, 0.1) is 5.82 Å². The Morgan fingerprint density at radius 3 is 2.95 bits per heavy atom. The molecule has 1 atom stereocenters. The number of nitrogens with one attached hydrogen (secondary N) is 1. The van der Waals surface area contributed by atoms with Gasteiger partial charge in [-0.3, -0.25) is 0 Å². The Balaban J connectivity index is 2.00. The minimum absolute atomic E-state index is 0.228. The van der Waals surface area contributed by atoms with Crippen LogP contribution in [0.4, 0.5) is 4.39 Å². The molecule has 1 aromatic heterocycles. The Labute approximate surface area is 128 Å². The summed E-state index contributed by atoms with van der Waals surface area (Å²) < 4.78 is 18.9. The van der Waals surface area contributed by atoms with Crippen molar-refractivity contribution in [2.75, 3.05) is 6.54 Å². The molecule has 1 heterocycles. The molecular formula is C15H19ClFN3O. The smallest absolute Gasteiger partial charge is 0.228 e. The van der Waals surface area contributed by atoms with E-state index in [2.05, 4.69) is 29.3 Å². The van der Waals surface area contributed by atoms with E-state index in [1.807, 2.05) is 0 Å². The summed E-state index contributed by atoms with van der Waals surface area (Å²) in [5.74, 6) is 0.639. The standard InChI is InChI=1S/C15H19ClFN3O/c1-3-7-18-10(2)8-15-19-14(20-21-15)9-11-12(16)5-4-6-13(11)17/h4-6,10,18H,3,7-9H2,1-2H3. The van der Waals surface area contributed by atoms with Gasteiger partial charge >= 0.3 is 0 Å². The van der Waals surface area contributed by atoms with Gasteiger partial charge in [-0.25, -0.2) is 4.39 Å². The van der Waals surface area contributed by atoms with Crippen LogP contribution < -0.4 is 5.32 Å². The molecule has 0 spiro atoms. The lowest BCUT2D eigenvalue weighted by molar-refractivity contribution is 0.358. The van der Waals surface area contributed by atoms with E-state index in [1.165, 1.54) is 6.07 Å². The molecule has 2 rings (SSSR count). The highest BCUT2D eigenvalue weighted by Gasteiger charge is 2.14. The summed E-state index contributed by atoms with van der Waals surface area (Å²) in [5, 5.41) is 7.61. The predicted molar refractivity (Wildman–Crippen MR) is 80.0 cm³/mol. The van der Waals surface area contributed by atoms with Gasteiger partial charge in [-0.2, -0.15) is 4.98 Å². The topological polar surface area (TPSA) is 51.0 Å². The average molecular weight is 312 g/mol. The van der Waals surface area contributed by atoms with Crippen LogP contribution in [0.15, 0.2) is 22.7 Å². The fourth-order valence-corrected chi connectivity index (χ4v) is 2.26. The normalized spacial score (nSPS) is 12.6. The van der Waals surface area contributed by atoms with Crippen LogP contribution >= 0.6 is 11.6 Å². The molecule has 0 aliphatic rings. The van der Waals surface area contributed by atoms with E-state index in [1.54, 1.807) is 12.1 Å². The Morgan fingerprint density at radius 2 is 2.24 bits per heavy atom. The van der Waals surface area contributed by atoms with E-state index >= 15 is 0 Å². The quantitative estimate of drug-likeness (QED) is 0.851. The molecule has 21 heavy (non-hydrogen) atoms. The van der Waals surface area contributed by atoms with Gasteiger partial charge in [-0.1, -0.05) is 29.7 Å². The molecule has 1 unspecified atom stereocenters. The Kier molecular flexibility index (Phi) is 5.70. The van der Waals surface area contributed by atoms with Gasteiger partial charge in [0, 0.05) is 29.5 Å². The molecule has 4 nitrogen and oxygen atoms in total. The fourth-order valence-electron chi connectivity index (χ4n) is 2.03. The molecule has 114 valence electrons. The van der Waals surface area contributed by atoms with E-state index in [9.17, 15) is 4.39 Å². The van der Waals surface area contributed by atoms with Crippen LogP contribution in [0.1, 0.15) is 37.5 Å². The lowest BCUT2D eigenvalue weighted by Crippen LogP contribution is -2.28. The van der Waals surface area contributed by atoms with Crippen molar-refractivity contribution in [3.63, 3.8) is 0 Å². The van der Waals surface area contributed by atoms with Crippen LogP contribution in [-0.4, -0.2) is 22.7 Å². The molecule has 0 bridgehead atoms. The SMILES string of the molecule is CCCNC(C)Cc1nc(Cc2c(F)cccc2Cl)no1.